The van der Waals surface area contributed by atoms with Crippen LogP contribution in [-0.4, -0.2) is 28.8 Å². The number of carbonyl (C=O) groups excluding carboxylic acids is 2. The van der Waals surface area contributed by atoms with Gasteiger partial charge in [-0.2, -0.15) is 0 Å². The molecule has 2 amide bonds. The molecule has 0 aliphatic carbocycles. The molecule has 1 saturated heterocycles. The van der Waals surface area contributed by atoms with Gasteiger partial charge in [0.05, 0.1) is 11.6 Å². The molecule has 2 aromatic rings. The first-order valence-corrected chi connectivity index (χ1v) is 9.59. The summed E-state index contributed by atoms with van der Waals surface area (Å²) in [5.41, 5.74) is 0.528. The highest BCUT2D eigenvalue weighted by molar-refractivity contribution is 7.99. The molecule has 1 atom stereocenters. The summed E-state index contributed by atoms with van der Waals surface area (Å²) in [6.45, 7) is 6.47. The van der Waals surface area contributed by atoms with E-state index in [4.69, 9.17) is 0 Å². The molecule has 1 heterocycles. The Kier molecular flexibility index (Phi) is 5.37. The molecule has 3 rings (SSSR count). The van der Waals surface area contributed by atoms with Crippen LogP contribution in [0.25, 0.3) is 0 Å². The van der Waals surface area contributed by atoms with Crippen molar-refractivity contribution in [2.75, 3.05) is 11.9 Å². The van der Waals surface area contributed by atoms with E-state index in [1.54, 1.807) is 16.7 Å². The maximum Gasteiger partial charge on any atom is 0.229 e. The molecule has 0 aromatic heterocycles. The second-order valence-electron chi connectivity index (χ2n) is 7.48. The number of amides is 2. The van der Waals surface area contributed by atoms with Crippen molar-refractivity contribution in [1.29, 1.82) is 0 Å². The molecule has 1 aliphatic rings. The summed E-state index contributed by atoms with van der Waals surface area (Å²) in [5, 5.41) is 3.03. The van der Waals surface area contributed by atoms with Crippen LogP contribution in [0, 0.1) is 5.92 Å². The van der Waals surface area contributed by atoms with Crippen molar-refractivity contribution in [3.05, 3.63) is 54.6 Å². The predicted molar refractivity (Wildman–Crippen MR) is 105 cm³/mol. The molecule has 26 heavy (non-hydrogen) atoms. The smallest absolute Gasteiger partial charge is 0.229 e. The van der Waals surface area contributed by atoms with Crippen LogP contribution in [0.2, 0.25) is 0 Å². The van der Waals surface area contributed by atoms with E-state index in [2.05, 4.69) is 5.32 Å². The largest absolute Gasteiger partial charge is 0.337 e. The van der Waals surface area contributed by atoms with Crippen molar-refractivity contribution < 1.29 is 9.59 Å². The van der Waals surface area contributed by atoms with Crippen LogP contribution >= 0.6 is 11.8 Å². The zero-order chi connectivity index (χ0) is 18.7. The van der Waals surface area contributed by atoms with E-state index < -0.39 is 0 Å². The number of carbonyl (C=O) groups is 2. The predicted octanol–water partition coefficient (Wildman–Crippen LogP) is 4.42. The monoisotopic (exact) mass is 368 g/mol. The number of nitrogens with zero attached hydrogens (tertiary/aromatic N) is 1. The van der Waals surface area contributed by atoms with Gasteiger partial charge in [0, 0.05) is 28.3 Å². The van der Waals surface area contributed by atoms with E-state index in [0.29, 0.717) is 6.54 Å². The first-order valence-electron chi connectivity index (χ1n) is 8.78. The van der Waals surface area contributed by atoms with E-state index in [-0.39, 0.29) is 29.7 Å². The Hall–Kier alpha value is -2.27. The lowest BCUT2D eigenvalue weighted by Crippen LogP contribution is -2.42. The zero-order valence-electron chi connectivity index (χ0n) is 15.4. The number of rotatable bonds is 4. The van der Waals surface area contributed by atoms with Crippen LogP contribution in [0.4, 0.5) is 5.69 Å². The summed E-state index contributed by atoms with van der Waals surface area (Å²) in [4.78, 5) is 28.9. The molecule has 5 heteroatoms. The average molecular weight is 369 g/mol. The van der Waals surface area contributed by atoms with E-state index in [9.17, 15) is 9.59 Å². The fourth-order valence-electron chi connectivity index (χ4n) is 3.04. The number of nitrogens with one attached hydrogen (secondary N) is 1. The minimum Gasteiger partial charge on any atom is -0.337 e. The van der Waals surface area contributed by atoms with Gasteiger partial charge in [0.1, 0.15) is 0 Å². The van der Waals surface area contributed by atoms with Crippen molar-refractivity contribution in [3.63, 3.8) is 0 Å². The molecule has 1 N–H and O–H groups in total. The molecule has 0 unspecified atom stereocenters. The zero-order valence-corrected chi connectivity index (χ0v) is 16.2. The topological polar surface area (TPSA) is 49.4 Å². The SMILES string of the molecule is CC(C)(C)N1C[C@H](C(=O)Nc2ccccc2Sc2ccccc2)CC1=O. The third-order valence-corrected chi connectivity index (χ3v) is 5.51. The van der Waals surface area contributed by atoms with Gasteiger partial charge in [-0.3, -0.25) is 9.59 Å². The van der Waals surface area contributed by atoms with E-state index in [0.717, 1.165) is 15.5 Å². The van der Waals surface area contributed by atoms with Gasteiger partial charge >= 0.3 is 0 Å². The quantitative estimate of drug-likeness (QED) is 0.869. The lowest BCUT2D eigenvalue weighted by atomic mass is 10.1. The molecular weight excluding hydrogens is 344 g/mol. The Bertz CT molecular complexity index is 799. The Morgan fingerprint density at radius 2 is 1.73 bits per heavy atom. The molecule has 1 aliphatic heterocycles. The minimum atomic E-state index is -0.309. The highest BCUT2D eigenvalue weighted by Crippen LogP contribution is 2.34. The van der Waals surface area contributed by atoms with Crippen LogP contribution in [0.3, 0.4) is 0 Å². The van der Waals surface area contributed by atoms with Gasteiger partial charge in [-0.25, -0.2) is 0 Å². The van der Waals surface area contributed by atoms with Crippen molar-refractivity contribution in [1.82, 2.24) is 4.90 Å². The Labute approximate surface area is 159 Å². The second kappa shape index (κ2) is 7.54. The molecule has 0 bridgehead atoms. The number of para-hydroxylation sites is 1. The molecular formula is C21H24N2O2S. The van der Waals surface area contributed by atoms with Gasteiger partial charge in [-0.1, -0.05) is 42.1 Å². The highest BCUT2D eigenvalue weighted by Gasteiger charge is 2.39. The lowest BCUT2D eigenvalue weighted by molar-refractivity contribution is -0.131. The summed E-state index contributed by atoms with van der Waals surface area (Å²) in [6, 6.07) is 17.8. The van der Waals surface area contributed by atoms with Crippen molar-refractivity contribution in [2.45, 2.75) is 42.5 Å². The summed E-state index contributed by atoms with van der Waals surface area (Å²) in [5.74, 6) is -0.354. The molecule has 136 valence electrons. The molecule has 0 radical (unpaired) electrons. The number of hydrogen-bond donors (Lipinski definition) is 1. The third kappa shape index (κ3) is 4.28. The highest BCUT2D eigenvalue weighted by atomic mass is 32.2. The van der Waals surface area contributed by atoms with Crippen LogP contribution in [0.5, 0.6) is 0 Å². The lowest BCUT2D eigenvalue weighted by Gasteiger charge is -2.31. The van der Waals surface area contributed by atoms with Crippen molar-refractivity contribution in [3.8, 4) is 0 Å². The van der Waals surface area contributed by atoms with E-state index in [1.807, 2.05) is 75.4 Å². The van der Waals surface area contributed by atoms with Crippen LogP contribution in [-0.2, 0) is 9.59 Å². The van der Waals surface area contributed by atoms with Gasteiger partial charge in [-0.15, -0.1) is 0 Å². The molecule has 1 fully saturated rings. The Morgan fingerprint density at radius 1 is 1.08 bits per heavy atom. The first-order chi connectivity index (χ1) is 12.3. The van der Waals surface area contributed by atoms with Gasteiger partial charge in [0.15, 0.2) is 0 Å². The molecule has 2 aromatic carbocycles. The third-order valence-electron chi connectivity index (χ3n) is 4.42. The van der Waals surface area contributed by atoms with Gasteiger partial charge in [0.25, 0.3) is 0 Å². The number of likely N-dealkylation sites (tertiary alicyclic amines) is 1. The molecule has 0 spiro atoms. The second-order valence-corrected chi connectivity index (χ2v) is 8.59. The maximum atomic E-state index is 12.7. The fourth-order valence-corrected chi connectivity index (χ4v) is 3.96. The van der Waals surface area contributed by atoms with Crippen molar-refractivity contribution >= 4 is 29.3 Å². The standard InChI is InChI=1S/C21H24N2O2S/c1-21(2,3)23-14-15(13-19(23)24)20(25)22-17-11-7-8-12-18(17)26-16-9-5-4-6-10-16/h4-12,15H,13-14H2,1-3H3,(H,22,25)/t15-/m1/s1. The van der Waals surface area contributed by atoms with E-state index in [1.165, 1.54) is 0 Å². The number of hydrogen-bond acceptors (Lipinski definition) is 3. The number of benzene rings is 2. The Balaban J connectivity index is 1.72. The van der Waals surface area contributed by atoms with Crippen LogP contribution < -0.4 is 5.32 Å². The Morgan fingerprint density at radius 3 is 2.38 bits per heavy atom. The summed E-state index contributed by atoms with van der Waals surface area (Å²) in [7, 11) is 0. The van der Waals surface area contributed by atoms with Crippen molar-refractivity contribution in [2.24, 2.45) is 5.92 Å². The van der Waals surface area contributed by atoms with Gasteiger partial charge in [0.2, 0.25) is 11.8 Å². The van der Waals surface area contributed by atoms with Gasteiger partial charge in [-0.05, 0) is 45.0 Å². The van der Waals surface area contributed by atoms with Crippen LogP contribution in [0.15, 0.2) is 64.4 Å². The molecule has 4 nitrogen and oxygen atoms in total. The fraction of sp³-hybridized carbons (Fsp3) is 0.333. The maximum absolute atomic E-state index is 12.7. The van der Waals surface area contributed by atoms with E-state index >= 15 is 0 Å². The normalized spacial score (nSPS) is 17.4. The average Bonchev–Trinajstić information content (AvgIpc) is 3.00. The summed E-state index contributed by atoms with van der Waals surface area (Å²) in [6.07, 6.45) is 0.275. The van der Waals surface area contributed by atoms with Gasteiger partial charge < -0.3 is 10.2 Å². The minimum absolute atomic E-state index is 0.0459. The first kappa shape index (κ1) is 18.5. The molecule has 0 saturated carbocycles. The summed E-state index contributed by atoms with van der Waals surface area (Å²) >= 11 is 1.61. The summed E-state index contributed by atoms with van der Waals surface area (Å²) < 4.78 is 0. The van der Waals surface area contributed by atoms with Crippen LogP contribution in [0.1, 0.15) is 27.2 Å². The number of anilines is 1.